The topological polar surface area (TPSA) is 127 Å². The molecule has 4 heterocycles. The summed E-state index contributed by atoms with van der Waals surface area (Å²) in [5.41, 5.74) is 0.884. The Hall–Kier alpha value is -3.94. The Kier molecular flexibility index (Phi) is 8.33. The normalized spacial score (nSPS) is 11.5. The summed E-state index contributed by atoms with van der Waals surface area (Å²) in [6.45, 7) is 4.66. The first-order valence-electron chi connectivity index (χ1n) is 12.5. The van der Waals surface area contributed by atoms with E-state index in [9.17, 15) is 14.0 Å². The zero-order chi connectivity index (χ0) is 28.2. The third-order valence-electron chi connectivity index (χ3n) is 5.98. The largest absolute Gasteiger partial charge is 0.379 e. The molecule has 4 aromatic heterocycles. The van der Waals surface area contributed by atoms with Crippen molar-refractivity contribution >= 4 is 50.8 Å². The number of nitrogens with zero attached hydrogens (tertiary/aromatic N) is 5. The third-order valence-corrected chi connectivity index (χ3v) is 8.00. The van der Waals surface area contributed by atoms with Gasteiger partial charge in [-0.2, -0.15) is 0 Å². The average Bonchev–Trinajstić information content (AvgIpc) is 3.38. The van der Waals surface area contributed by atoms with Gasteiger partial charge in [0.1, 0.15) is 22.6 Å². The molecule has 0 fully saturated rings. The van der Waals surface area contributed by atoms with Crippen LogP contribution in [0.25, 0.3) is 16.7 Å². The van der Waals surface area contributed by atoms with Crippen molar-refractivity contribution in [1.29, 1.82) is 5.41 Å². The van der Waals surface area contributed by atoms with Crippen LogP contribution in [0.5, 0.6) is 0 Å². The standard InChI is InChI=1S/C27H26FN7O3S2/c1-16(2)38-13-7-12-35-22(29)18(14-19-23(35)30-21-10-5-6-11-34(21)25(19)37)24(36)31-26-32-33-27(40-26)39-15-17-8-3-4-9-20(17)28/h3-6,8-11,14,16,29H,7,12-13,15H2,1-2H3,(H,31,32,36). The van der Waals surface area contributed by atoms with Gasteiger partial charge in [-0.15, -0.1) is 10.2 Å². The minimum atomic E-state index is -0.599. The van der Waals surface area contributed by atoms with Crippen LogP contribution in [0.3, 0.4) is 0 Å². The number of hydrogen-bond acceptors (Lipinski definition) is 9. The molecule has 13 heteroatoms. The van der Waals surface area contributed by atoms with Crippen molar-refractivity contribution in [3.8, 4) is 0 Å². The lowest BCUT2D eigenvalue weighted by Crippen LogP contribution is -2.32. The van der Waals surface area contributed by atoms with Crippen LogP contribution in [0.1, 0.15) is 36.2 Å². The highest BCUT2D eigenvalue weighted by molar-refractivity contribution is 8.00. The number of carbonyl (C=O) groups is 1. The van der Waals surface area contributed by atoms with Gasteiger partial charge in [0.2, 0.25) is 5.13 Å². The predicted octanol–water partition coefficient (Wildman–Crippen LogP) is 4.48. The predicted molar refractivity (Wildman–Crippen MR) is 152 cm³/mol. The van der Waals surface area contributed by atoms with Crippen LogP contribution in [-0.2, 0) is 17.0 Å². The second-order valence-corrected chi connectivity index (χ2v) is 11.3. The molecule has 0 aliphatic carbocycles. The molecule has 0 atom stereocenters. The summed E-state index contributed by atoms with van der Waals surface area (Å²) in [4.78, 5) is 31.3. The lowest BCUT2D eigenvalue weighted by molar-refractivity contribution is 0.0748. The number of carbonyl (C=O) groups excluding carboxylic acids is 1. The number of hydrogen-bond donors (Lipinski definition) is 2. The molecule has 0 saturated heterocycles. The molecule has 0 aliphatic rings. The molecule has 2 N–H and O–H groups in total. The van der Waals surface area contributed by atoms with Crippen LogP contribution >= 0.6 is 23.1 Å². The van der Waals surface area contributed by atoms with Crippen LogP contribution in [0.15, 0.2) is 63.9 Å². The van der Waals surface area contributed by atoms with Crippen molar-refractivity contribution in [1.82, 2.24) is 24.1 Å². The van der Waals surface area contributed by atoms with E-state index in [4.69, 9.17) is 10.1 Å². The molecule has 0 saturated carbocycles. The van der Waals surface area contributed by atoms with E-state index in [1.54, 1.807) is 47.2 Å². The lowest BCUT2D eigenvalue weighted by atomic mass is 10.2. The number of benzene rings is 1. The van der Waals surface area contributed by atoms with E-state index >= 15 is 0 Å². The van der Waals surface area contributed by atoms with Crippen LogP contribution in [0.2, 0.25) is 0 Å². The SMILES string of the molecule is CC(C)OCCCn1c(=N)c(C(=O)Nc2nnc(SCc3ccccc3F)s2)cc2c(=O)n3ccccc3nc21. The summed E-state index contributed by atoms with van der Waals surface area (Å²) in [5, 5.41) is 20.1. The van der Waals surface area contributed by atoms with Gasteiger partial charge in [-0.25, -0.2) is 9.37 Å². The van der Waals surface area contributed by atoms with E-state index in [1.165, 1.54) is 28.3 Å². The second-order valence-electron chi connectivity index (χ2n) is 9.12. The maximum atomic E-state index is 13.9. The number of nitrogens with one attached hydrogen (secondary N) is 2. The van der Waals surface area contributed by atoms with Gasteiger partial charge in [-0.3, -0.25) is 24.7 Å². The maximum absolute atomic E-state index is 13.9. The third kappa shape index (κ3) is 5.96. The number of rotatable bonds is 10. The zero-order valence-electron chi connectivity index (χ0n) is 21.8. The monoisotopic (exact) mass is 579 g/mol. The van der Waals surface area contributed by atoms with Gasteiger partial charge in [-0.1, -0.05) is 47.4 Å². The fourth-order valence-corrected chi connectivity index (χ4v) is 5.79. The number of aromatic nitrogens is 5. The molecule has 40 heavy (non-hydrogen) atoms. The number of fused-ring (bicyclic) bond motifs is 2. The average molecular weight is 580 g/mol. The fraction of sp³-hybridized carbons (Fsp3) is 0.259. The first-order chi connectivity index (χ1) is 19.3. The van der Waals surface area contributed by atoms with E-state index < -0.39 is 5.91 Å². The van der Waals surface area contributed by atoms with Gasteiger partial charge >= 0.3 is 0 Å². The molecule has 0 bridgehead atoms. The van der Waals surface area contributed by atoms with Gasteiger partial charge in [0.25, 0.3) is 11.5 Å². The van der Waals surface area contributed by atoms with Crippen molar-refractivity contribution in [2.45, 2.75) is 43.0 Å². The minimum Gasteiger partial charge on any atom is -0.379 e. The molecular formula is C27H26FN7O3S2. The Bertz CT molecular complexity index is 1820. The molecule has 206 valence electrons. The molecule has 1 amide bonds. The first-order valence-corrected chi connectivity index (χ1v) is 14.3. The van der Waals surface area contributed by atoms with Gasteiger partial charge in [0.05, 0.1) is 17.1 Å². The molecule has 0 unspecified atom stereocenters. The Morgan fingerprint density at radius 2 is 2.00 bits per heavy atom. The second kappa shape index (κ2) is 12.1. The quantitative estimate of drug-likeness (QED) is 0.108. The van der Waals surface area contributed by atoms with Crippen molar-refractivity contribution < 1.29 is 13.9 Å². The van der Waals surface area contributed by atoms with Crippen LogP contribution in [0, 0.1) is 11.2 Å². The van der Waals surface area contributed by atoms with Gasteiger partial charge in [0.15, 0.2) is 4.34 Å². The highest BCUT2D eigenvalue weighted by Gasteiger charge is 2.19. The van der Waals surface area contributed by atoms with Crippen LogP contribution < -0.4 is 16.4 Å². The van der Waals surface area contributed by atoms with E-state index in [0.29, 0.717) is 46.5 Å². The van der Waals surface area contributed by atoms with Crippen molar-refractivity contribution in [2.75, 3.05) is 11.9 Å². The Labute approximate surface area is 236 Å². The molecule has 10 nitrogen and oxygen atoms in total. The minimum absolute atomic E-state index is 0.00261. The lowest BCUT2D eigenvalue weighted by Gasteiger charge is -2.15. The van der Waals surface area contributed by atoms with Crippen LogP contribution in [0.4, 0.5) is 9.52 Å². The smallest absolute Gasteiger partial charge is 0.267 e. The van der Waals surface area contributed by atoms with Gasteiger partial charge < -0.3 is 9.30 Å². The highest BCUT2D eigenvalue weighted by atomic mass is 32.2. The fourth-order valence-electron chi connectivity index (χ4n) is 4.06. The van der Waals surface area contributed by atoms with Gasteiger partial charge in [0, 0.05) is 25.1 Å². The summed E-state index contributed by atoms with van der Waals surface area (Å²) in [6, 6.07) is 13.1. The summed E-state index contributed by atoms with van der Waals surface area (Å²) in [5.74, 6) is -0.532. The number of pyridine rings is 2. The molecule has 5 aromatic rings. The number of thioether (sulfide) groups is 1. The number of anilines is 1. The summed E-state index contributed by atoms with van der Waals surface area (Å²) >= 11 is 2.45. The summed E-state index contributed by atoms with van der Waals surface area (Å²) in [6.07, 6.45) is 2.23. The van der Waals surface area contributed by atoms with Crippen molar-refractivity contribution in [3.63, 3.8) is 0 Å². The Balaban J connectivity index is 1.44. The Morgan fingerprint density at radius 3 is 2.80 bits per heavy atom. The maximum Gasteiger partial charge on any atom is 0.267 e. The summed E-state index contributed by atoms with van der Waals surface area (Å²) < 4.78 is 23.1. The summed E-state index contributed by atoms with van der Waals surface area (Å²) in [7, 11) is 0. The van der Waals surface area contributed by atoms with E-state index in [0.717, 1.165) is 11.3 Å². The van der Waals surface area contributed by atoms with E-state index in [-0.39, 0.29) is 39.0 Å². The van der Waals surface area contributed by atoms with Gasteiger partial charge in [-0.05, 0) is 50.1 Å². The molecule has 5 rings (SSSR count). The number of ether oxygens (including phenoxy) is 1. The Morgan fingerprint density at radius 1 is 1.20 bits per heavy atom. The number of aryl methyl sites for hydroxylation is 1. The van der Waals surface area contributed by atoms with Crippen molar-refractivity contribution in [3.05, 3.63) is 87.5 Å². The van der Waals surface area contributed by atoms with Crippen LogP contribution in [-0.4, -0.2) is 42.8 Å². The molecule has 0 spiro atoms. The molecule has 0 aliphatic heterocycles. The van der Waals surface area contributed by atoms with E-state index in [1.807, 2.05) is 13.8 Å². The van der Waals surface area contributed by atoms with Crippen molar-refractivity contribution in [2.24, 2.45) is 0 Å². The zero-order valence-corrected chi connectivity index (χ0v) is 23.4. The van der Waals surface area contributed by atoms with E-state index in [2.05, 4.69) is 20.5 Å². The first kappa shape index (κ1) is 27.6. The molecular weight excluding hydrogens is 553 g/mol. The molecule has 1 aromatic carbocycles. The highest BCUT2D eigenvalue weighted by Crippen LogP contribution is 2.29. The molecule has 0 radical (unpaired) electrons. The number of amides is 1. The number of halogens is 1.